The van der Waals surface area contributed by atoms with Crippen molar-refractivity contribution in [2.45, 2.75) is 30.0 Å². The van der Waals surface area contributed by atoms with Crippen LogP contribution >= 0.6 is 30.2 Å². The van der Waals surface area contributed by atoms with Crippen LogP contribution in [0, 0.1) is 0 Å². The highest BCUT2D eigenvalue weighted by Gasteiger charge is 2.63. The zero-order chi connectivity index (χ0) is 57.6. The molecule has 4 unspecified atom stereocenters. The van der Waals surface area contributed by atoms with Crippen molar-refractivity contribution in [2.24, 2.45) is 0 Å². The first kappa shape index (κ1) is 77.1. The van der Waals surface area contributed by atoms with Crippen LogP contribution in [-0.4, -0.2) is 308 Å². The zero-order valence-corrected chi connectivity index (χ0v) is 47.1. The van der Waals surface area contributed by atoms with E-state index in [0.717, 1.165) is 0 Å². The minimum absolute atomic E-state index is 0.0371. The van der Waals surface area contributed by atoms with Crippen molar-refractivity contribution in [1.29, 1.82) is 0 Å². The number of aliphatic hydroxyl groups excluding tert-OH is 6. The Morgan fingerprint density at radius 3 is 0.896 bits per heavy atom. The van der Waals surface area contributed by atoms with Gasteiger partial charge in [0.2, 0.25) is 0 Å². The van der Waals surface area contributed by atoms with E-state index in [-0.39, 0.29) is 159 Å². The van der Waals surface area contributed by atoms with E-state index >= 15 is 0 Å². The van der Waals surface area contributed by atoms with Gasteiger partial charge in [0.1, 0.15) is 24.4 Å². The van der Waals surface area contributed by atoms with Gasteiger partial charge in [-0.2, -0.15) is 8.62 Å². The molecule has 0 spiro atoms. The Morgan fingerprint density at radius 2 is 0.623 bits per heavy atom. The lowest BCUT2D eigenvalue weighted by Gasteiger charge is -2.50. The monoisotopic (exact) mass is 1240 g/mol. The second-order valence-corrected chi connectivity index (χ2v) is 21.7. The highest BCUT2D eigenvalue weighted by atomic mass is 32.5. The molecule has 0 aromatic carbocycles. The molecule has 0 heterocycles. The van der Waals surface area contributed by atoms with E-state index in [4.69, 9.17) is 85.8 Å². The van der Waals surface area contributed by atoms with Crippen molar-refractivity contribution in [3.8, 4) is 0 Å². The van der Waals surface area contributed by atoms with E-state index in [9.17, 15) is 63.5 Å². The van der Waals surface area contributed by atoms with Gasteiger partial charge in [-0.3, -0.25) is 4.52 Å². The van der Waals surface area contributed by atoms with E-state index in [0.29, 0.717) is 0 Å². The summed E-state index contributed by atoms with van der Waals surface area (Å²) in [6.07, 6.45) is -8.47. The number of hydrogen-bond acceptors (Lipinski definition) is 29. The Balaban J connectivity index is 7.08. The molecule has 464 valence electrons. The summed E-state index contributed by atoms with van der Waals surface area (Å²) >= 11 is 4.37. The van der Waals surface area contributed by atoms with Crippen molar-refractivity contribution >= 4 is 42.0 Å². The largest absolute Gasteiger partial charge is 0.493 e. The molecule has 0 radical (unpaired) electrons. The van der Waals surface area contributed by atoms with E-state index in [1.807, 2.05) is 0 Å². The molecule has 77 heavy (non-hydrogen) atoms. The molecular weight excluding hydrogens is 1160 g/mol. The maximum absolute atomic E-state index is 14.5. The molecule has 39 heteroatoms. The molecule has 34 nitrogen and oxygen atoms in total. The summed E-state index contributed by atoms with van der Waals surface area (Å²) in [5.41, 5.74) is -3.20. The molecule has 0 amide bonds. The van der Waals surface area contributed by atoms with Gasteiger partial charge in [-0.25, -0.2) is 13.7 Å². The molecule has 0 aliphatic rings. The number of aliphatic hydroxyl groups is 6. The highest BCUT2D eigenvalue weighted by Crippen LogP contribution is 2.70. The van der Waals surface area contributed by atoms with Gasteiger partial charge in [0.05, 0.1) is 218 Å². The van der Waals surface area contributed by atoms with Crippen LogP contribution in [0.5, 0.6) is 0 Å². The highest BCUT2D eigenvalue weighted by molar-refractivity contribution is 8.06. The lowest BCUT2D eigenvalue weighted by molar-refractivity contribution is -0.268. The third-order valence-corrected chi connectivity index (χ3v) is 13.6. The fourth-order valence-electron chi connectivity index (χ4n) is 6.01. The maximum Gasteiger partial charge on any atom is 0.493 e. The topological polar surface area (TPSA) is 469 Å². The Kier molecular flexibility index (Phi) is 48.5. The quantitative estimate of drug-likeness (QED) is 0.0204. The summed E-state index contributed by atoms with van der Waals surface area (Å²) in [4.78, 5) is 58.0. The average Bonchev–Trinajstić information content (AvgIpc) is 3.35. The van der Waals surface area contributed by atoms with Crippen LogP contribution in [0.4, 0.5) is 0 Å². The van der Waals surface area contributed by atoms with E-state index in [1.54, 1.807) is 0 Å². The standard InChI is InChI=1S/C38H82O34P4S/c39-1-4-54-7-9-57-11-13-59-15-17-61-22-27-66-35(32-43)38(70-76(53,71-73(45,46)47)72-74(48,49)50,36(33-44)67-28-23-62-18-16-60-14-12-58-10-8-55-5-2-40)37(34(31-42)65-26-21-56-6-3-41)68-29-24-63-19-20-64-25-30-69-75(51,52)77/h34-37,39-44H,1-33H2,(H2,45,46,47)(H2,48,49,50)(H2,51,52,77). The fraction of sp³-hybridized carbons (Fsp3) is 1.00. The molecule has 0 fully saturated rings. The van der Waals surface area contributed by atoms with Crippen molar-refractivity contribution in [3.63, 3.8) is 0 Å². The van der Waals surface area contributed by atoms with Crippen LogP contribution < -0.4 is 0 Å². The first-order chi connectivity index (χ1) is 36.8. The van der Waals surface area contributed by atoms with Crippen molar-refractivity contribution in [2.75, 3.05) is 218 Å². The molecule has 0 bridgehead atoms. The van der Waals surface area contributed by atoms with Crippen molar-refractivity contribution < 1.29 is 162 Å². The molecule has 12 N–H and O–H groups in total. The third kappa shape index (κ3) is 42.5. The Morgan fingerprint density at radius 1 is 0.351 bits per heavy atom. The van der Waals surface area contributed by atoms with Gasteiger partial charge in [0.15, 0.2) is 5.60 Å². The number of phosphoric acid groups is 3. The second-order valence-electron chi connectivity index (χ2n) is 14.7. The van der Waals surface area contributed by atoms with Gasteiger partial charge in [-0.1, -0.05) is 0 Å². The Bertz CT molecular complexity index is 1480. The maximum atomic E-state index is 14.5. The van der Waals surface area contributed by atoms with Crippen LogP contribution in [0.2, 0.25) is 0 Å². The van der Waals surface area contributed by atoms with E-state index < -0.39 is 120 Å². The van der Waals surface area contributed by atoms with Crippen LogP contribution in [0.3, 0.4) is 0 Å². The minimum atomic E-state index is -6.51. The Hall–Kier alpha value is 0.1000. The SMILES string of the molecule is O=P(O)(O)OP(=O)(OC(C(CO)OCCOCCOCCOCCOCCO)(C(CO)OCCOCCOCCOCCOCCO)C(OCCOCCOCCOP(O)(O)=S)C(CO)OCCOCCO)OP(=O)(O)O. The minimum Gasteiger partial charge on any atom is -0.394 e. The lowest BCUT2D eigenvalue weighted by Crippen LogP contribution is -2.69. The number of rotatable bonds is 60. The van der Waals surface area contributed by atoms with Crippen molar-refractivity contribution in [1.82, 2.24) is 0 Å². The summed E-state index contributed by atoms with van der Waals surface area (Å²) in [6, 6.07) is 0. The molecule has 0 aromatic heterocycles. The summed E-state index contributed by atoms with van der Waals surface area (Å²) in [6.45, 7) is -10.7. The fourth-order valence-corrected chi connectivity index (χ4v) is 10.0. The number of ether oxygens (including phenoxy) is 15. The summed E-state index contributed by atoms with van der Waals surface area (Å²) in [5, 5.41) is 60.0. The summed E-state index contributed by atoms with van der Waals surface area (Å²) < 4.78 is 141. The molecule has 0 saturated carbocycles. The molecule has 0 saturated heterocycles. The van der Waals surface area contributed by atoms with Gasteiger partial charge >= 0.3 is 30.2 Å². The normalized spacial score (nSPS) is 15.2. The van der Waals surface area contributed by atoms with Crippen LogP contribution in [0.15, 0.2) is 0 Å². The van der Waals surface area contributed by atoms with Crippen LogP contribution in [0.1, 0.15) is 0 Å². The molecule has 0 aliphatic heterocycles. The number of hydrogen-bond donors (Lipinski definition) is 12. The lowest BCUT2D eigenvalue weighted by atomic mass is 9.81. The van der Waals surface area contributed by atoms with Gasteiger partial charge in [-0.05, 0) is 11.8 Å². The zero-order valence-electron chi connectivity index (χ0n) is 42.7. The Labute approximate surface area is 451 Å². The van der Waals surface area contributed by atoms with Gasteiger partial charge in [0.25, 0.3) is 0 Å². The molecule has 0 aliphatic carbocycles. The third-order valence-electron chi connectivity index (χ3n) is 8.96. The molecule has 0 rings (SSSR count). The van der Waals surface area contributed by atoms with E-state index in [2.05, 4.69) is 25.0 Å². The predicted octanol–water partition coefficient (Wildman–Crippen LogP) is -4.03. The van der Waals surface area contributed by atoms with Gasteiger partial charge in [-0.15, -0.1) is 0 Å². The summed E-state index contributed by atoms with van der Waals surface area (Å²) in [7, 11) is -18.9. The van der Waals surface area contributed by atoms with Gasteiger partial charge in [0, 0.05) is 0 Å². The molecular formula is C38H82O34P4S. The smallest absolute Gasteiger partial charge is 0.394 e. The first-order valence-corrected chi connectivity index (χ1v) is 30.9. The molecule has 0 aromatic rings. The van der Waals surface area contributed by atoms with Crippen LogP contribution in [-0.2, 0) is 114 Å². The molecule has 4 atom stereocenters. The van der Waals surface area contributed by atoms with Gasteiger partial charge < -0.3 is 136 Å². The van der Waals surface area contributed by atoms with E-state index in [1.165, 1.54) is 0 Å². The summed E-state index contributed by atoms with van der Waals surface area (Å²) in [5.74, 6) is 0. The second kappa shape index (κ2) is 48.5. The van der Waals surface area contributed by atoms with Crippen LogP contribution in [0.25, 0.3) is 0 Å². The first-order valence-electron chi connectivity index (χ1n) is 23.8. The average molecular weight is 1240 g/mol. The predicted molar refractivity (Wildman–Crippen MR) is 263 cm³/mol. The van der Waals surface area contributed by atoms with Crippen molar-refractivity contribution in [3.05, 3.63) is 0 Å².